The van der Waals surface area contributed by atoms with Crippen molar-refractivity contribution in [1.29, 1.82) is 0 Å². The smallest absolute Gasteiger partial charge is 0.332 e. The van der Waals surface area contributed by atoms with Gasteiger partial charge in [0.1, 0.15) is 0 Å². The monoisotopic (exact) mass is 421 g/mol. The molecule has 0 spiro atoms. The van der Waals surface area contributed by atoms with Crippen molar-refractivity contribution in [2.75, 3.05) is 11.9 Å². The molecular formula is C17H20BrN5O3. The molecule has 138 valence electrons. The van der Waals surface area contributed by atoms with E-state index < -0.39 is 17.4 Å². The molecule has 26 heavy (non-hydrogen) atoms. The number of hydrogen-bond acceptors (Lipinski definition) is 5. The predicted molar refractivity (Wildman–Crippen MR) is 104 cm³/mol. The minimum atomic E-state index is -0.585. The number of imidazole rings is 1. The summed E-state index contributed by atoms with van der Waals surface area (Å²) >= 11 is 3.52. The molecule has 0 aliphatic carbocycles. The van der Waals surface area contributed by atoms with Crippen LogP contribution in [0.3, 0.4) is 0 Å². The van der Waals surface area contributed by atoms with Crippen LogP contribution in [0.5, 0.6) is 0 Å². The molecule has 0 radical (unpaired) electrons. The molecule has 9 heteroatoms. The SMILES string of the molecule is C[C@H](O)CNc1nc2c(c(=O)n(C)c(=O)n2C)n1Cc1ccccc1Br. The van der Waals surface area contributed by atoms with Crippen molar-refractivity contribution in [2.24, 2.45) is 14.1 Å². The van der Waals surface area contributed by atoms with Crippen molar-refractivity contribution in [2.45, 2.75) is 19.6 Å². The molecule has 1 atom stereocenters. The maximum atomic E-state index is 12.7. The number of halogens is 1. The van der Waals surface area contributed by atoms with Crippen LogP contribution in [0.25, 0.3) is 11.2 Å². The number of aliphatic hydroxyl groups excluding tert-OH is 1. The van der Waals surface area contributed by atoms with Crippen LogP contribution >= 0.6 is 15.9 Å². The first-order valence-electron chi connectivity index (χ1n) is 8.12. The summed E-state index contributed by atoms with van der Waals surface area (Å²) in [6.07, 6.45) is -0.585. The molecule has 0 fully saturated rings. The van der Waals surface area contributed by atoms with Crippen LogP contribution in [-0.2, 0) is 20.6 Å². The van der Waals surface area contributed by atoms with Gasteiger partial charge in [-0.2, -0.15) is 4.98 Å². The molecule has 0 saturated carbocycles. The number of aryl methyl sites for hydroxylation is 1. The second-order valence-corrected chi connectivity index (χ2v) is 7.08. The van der Waals surface area contributed by atoms with Gasteiger partial charge in [-0.15, -0.1) is 0 Å². The Morgan fingerprint density at radius 2 is 1.92 bits per heavy atom. The molecule has 1 aromatic carbocycles. The van der Waals surface area contributed by atoms with Gasteiger partial charge in [0.05, 0.1) is 12.6 Å². The molecule has 3 rings (SSSR count). The number of fused-ring (bicyclic) bond motifs is 1. The average molecular weight is 422 g/mol. The normalized spacial score (nSPS) is 12.5. The molecule has 0 aliphatic heterocycles. The Balaban J connectivity index is 2.26. The Bertz CT molecular complexity index is 1080. The number of aromatic nitrogens is 4. The fourth-order valence-corrected chi connectivity index (χ4v) is 3.18. The Kier molecular flexibility index (Phi) is 5.01. The summed E-state index contributed by atoms with van der Waals surface area (Å²) in [5.41, 5.74) is 0.752. The zero-order chi connectivity index (χ0) is 19.0. The molecular weight excluding hydrogens is 402 g/mol. The van der Waals surface area contributed by atoms with Gasteiger partial charge in [-0.3, -0.25) is 18.5 Å². The Morgan fingerprint density at radius 3 is 2.58 bits per heavy atom. The fourth-order valence-electron chi connectivity index (χ4n) is 2.77. The third-order valence-electron chi connectivity index (χ3n) is 4.19. The average Bonchev–Trinajstić information content (AvgIpc) is 2.97. The van der Waals surface area contributed by atoms with Crippen LogP contribution in [0.4, 0.5) is 5.95 Å². The zero-order valence-corrected chi connectivity index (χ0v) is 16.3. The van der Waals surface area contributed by atoms with Crippen molar-refractivity contribution in [3.8, 4) is 0 Å². The van der Waals surface area contributed by atoms with E-state index in [9.17, 15) is 14.7 Å². The summed E-state index contributed by atoms with van der Waals surface area (Å²) in [4.78, 5) is 29.4. The molecule has 0 unspecified atom stereocenters. The summed E-state index contributed by atoms with van der Waals surface area (Å²) < 4.78 is 5.06. The van der Waals surface area contributed by atoms with Crippen molar-refractivity contribution < 1.29 is 5.11 Å². The number of nitrogens with zero attached hydrogens (tertiary/aromatic N) is 4. The maximum absolute atomic E-state index is 12.7. The van der Waals surface area contributed by atoms with Crippen LogP contribution in [0.15, 0.2) is 38.3 Å². The van der Waals surface area contributed by atoms with Crippen LogP contribution in [-0.4, -0.2) is 36.4 Å². The highest BCUT2D eigenvalue weighted by molar-refractivity contribution is 9.10. The lowest BCUT2D eigenvalue weighted by atomic mass is 10.2. The molecule has 2 heterocycles. The lowest BCUT2D eigenvalue weighted by Crippen LogP contribution is -2.37. The molecule has 0 aliphatic rings. The first-order valence-corrected chi connectivity index (χ1v) is 8.92. The van der Waals surface area contributed by atoms with Gasteiger partial charge >= 0.3 is 5.69 Å². The quantitative estimate of drug-likeness (QED) is 0.641. The van der Waals surface area contributed by atoms with Crippen molar-refractivity contribution in [3.63, 3.8) is 0 Å². The lowest BCUT2D eigenvalue weighted by molar-refractivity contribution is 0.208. The fraction of sp³-hybridized carbons (Fsp3) is 0.353. The van der Waals surface area contributed by atoms with Gasteiger partial charge < -0.3 is 10.4 Å². The third kappa shape index (κ3) is 3.19. The molecule has 0 bridgehead atoms. The molecule has 0 amide bonds. The van der Waals surface area contributed by atoms with Gasteiger partial charge in [0.2, 0.25) is 5.95 Å². The Labute approximate surface area is 157 Å². The second kappa shape index (κ2) is 7.08. The first-order chi connectivity index (χ1) is 12.3. The largest absolute Gasteiger partial charge is 0.392 e. The number of benzene rings is 1. The lowest BCUT2D eigenvalue weighted by Gasteiger charge is -2.13. The van der Waals surface area contributed by atoms with Crippen LogP contribution in [0, 0.1) is 0 Å². The third-order valence-corrected chi connectivity index (χ3v) is 4.96. The Hall–Kier alpha value is -2.39. The highest BCUT2D eigenvalue weighted by Crippen LogP contribution is 2.22. The van der Waals surface area contributed by atoms with Gasteiger partial charge in [-0.1, -0.05) is 34.1 Å². The van der Waals surface area contributed by atoms with Crippen LogP contribution < -0.4 is 16.6 Å². The molecule has 3 aromatic rings. The number of anilines is 1. The molecule has 0 saturated heterocycles. The van der Waals surface area contributed by atoms with E-state index in [0.29, 0.717) is 23.7 Å². The minimum Gasteiger partial charge on any atom is -0.392 e. The van der Waals surface area contributed by atoms with Gasteiger partial charge in [0.15, 0.2) is 11.2 Å². The van der Waals surface area contributed by atoms with Crippen LogP contribution in [0.1, 0.15) is 12.5 Å². The van der Waals surface area contributed by atoms with Crippen molar-refractivity contribution in [1.82, 2.24) is 18.7 Å². The maximum Gasteiger partial charge on any atom is 0.332 e. The van der Waals surface area contributed by atoms with E-state index >= 15 is 0 Å². The Morgan fingerprint density at radius 1 is 1.23 bits per heavy atom. The topological polar surface area (TPSA) is 94.1 Å². The van der Waals surface area contributed by atoms with E-state index in [0.717, 1.165) is 14.6 Å². The minimum absolute atomic E-state index is 0.271. The summed E-state index contributed by atoms with van der Waals surface area (Å²) in [5.74, 6) is 0.426. The summed E-state index contributed by atoms with van der Waals surface area (Å²) in [6.45, 7) is 2.31. The predicted octanol–water partition coefficient (Wildman–Crippen LogP) is 1.04. The number of hydrogen-bond donors (Lipinski definition) is 2. The van der Waals surface area contributed by atoms with Gasteiger partial charge in [-0.25, -0.2) is 4.79 Å². The van der Waals surface area contributed by atoms with E-state index in [1.165, 1.54) is 11.6 Å². The molecule has 2 N–H and O–H groups in total. The summed E-state index contributed by atoms with van der Waals surface area (Å²) in [5, 5.41) is 12.6. The molecule has 2 aromatic heterocycles. The standard InChI is InChI=1S/C17H20BrN5O3/c1-10(24)8-19-16-20-14-13(15(25)22(3)17(26)21(14)2)23(16)9-11-6-4-5-7-12(11)18/h4-7,10,24H,8-9H2,1-3H3,(H,19,20)/t10-/m0/s1. The van der Waals surface area contributed by atoms with Gasteiger partial charge in [0.25, 0.3) is 5.56 Å². The van der Waals surface area contributed by atoms with E-state index in [-0.39, 0.29) is 6.54 Å². The van der Waals surface area contributed by atoms with E-state index in [1.807, 2.05) is 24.3 Å². The number of rotatable bonds is 5. The van der Waals surface area contributed by atoms with E-state index in [2.05, 4.69) is 26.2 Å². The van der Waals surface area contributed by atoms with Gasteiger partial charge in [0, 0.05) is 25.1 Å². The highest BCUT2D eigenvalue weighted by atomic mass is 79.9. The van der Waals surface area contributed by atoms with Crippen LogP contribution in [0.2, 0.25) is 0 Å². The van der Waals surface area contributed by atoms with Gasteiger partial charge in [-0.05, 0) is 18.6 Å². The first kappa shape index (κ1) is 18.4. The van der Waals surface area contributed by atoms with Crippen molar-refractivity contribution >= 4 is 33.0 Å². The van der Waals surface area contributed by atoms with E-state index in [4.69, 9.17) is 0 Å². The molecule has 8 nitrogen and oxygen atoms in total. The highest BCUT2D eigenvalue weighted by Gasteiger charge is 2.20. The zero-order valence-electron chi connectivity index (χ0n) is 14.7. The second-order valence-electron chi connectivity index (χ2n) is 6.22. The summed E-state index contributed by atoms with van der Waals surface area (Å²) in [6, 6.07) is 7.69. The van der Waals surface area contributed by atoms with E-state index in [1.54, 1.807) is 18.5 Å². The van der Waals surface area contributed by atoms with Crippen molar-refractivity contribution in [3.05, 3.63) is 55.1 Å². The summed E-state index contributed by atoms with van der Waals surface area (Å²) in [7, 11) is 3.03. The number of nitrogens with one attached hydrogen (secondary N) is 1. The number of aliphatic hydroxyl groups is 1.